The fourth-order valence-electron chi connectivity index (χ4n) is 3.94. The lowest BCUT2D eigenvalue weighted by molar-refractivity contribution is 0.478. The van der Waals surface area contributed by atoms with Gasteiger partial charge in [0.1, 0.15) is 17.3 Å². The smallest absolute Gasteiger partial charge is 0.137 e. The molecule has 0 aliphatic rings. The second-order valence-electron chi connectivity index (χ2n) is 8.75. The number of rotatable bonds is 3. The van der Waals surface area contributed by atoms with Gasteiger partial charge in [-0.1, -0.05) is 61.0 Å². The fourth-order valence-corrected chi connectivity index (χ4v) is 4.41. The average molecular weight is 471 g/mol. The average Bonchev–Trinajstić information content (AvgIpc) is 3.07. The van der Waals surface area contributed by atoms with Crippen LogP contribution in [0.4, 0.5) is 0 Å². The van der Waals surface area contributed by atoms with Crippen LogP contribution in [0.1, 0.15) is 26.3 Å². The third-order valence-electron chi connectivity index (χ3n) is 5.50. The zero-order valence-corrected chi connectivity index (χ0v) is 19.3. The normalized spacial score (nSPS) is 11.9. The third kappa shape index (κ3) is 3.72. The van der Waals surface area contributed by atoms with Crippen LogP contribution in [-0.4, -0.2) is 9.55 Å². The lowest BCUT2D eigenvalue weighted by Crippen LogP contribution is -2.11. The van der Waals surface area contributed by atoms with Crippen molar-refractivity contribution in [1.82, 2.24) is 9.55 Å². The zero-order chi connectivity index (χ0) is 21.6. The van der Waals surface area contributed by atoms with Gasteiger partial charge in [0, 0.05) is 27.5 Å². The SMILES string of the molecule is CC(C)(C)c1cc(Br)cc(Oc2ccc3c4ccccc4n(-c4ccccn4)c3c2)c1. The van der Waals surface area contributed by atoms with Gasteiger partial charge in [-0.05, 0) is 59.5 Å². The molecule has 0 atom stereocenters. The minimum atomic E-state index is 0.0389. The second kappa shape index (κ2) is 7.54. The van der Waals surface area contributed by atoms with Crippen LogP contribution in [-0.2, 0) is 5.41 Å². The summed E-state index contributed by atoms with van der Waals surface area (Å²) in [4.78, 5) is 4.60. The highest BCUT2D eigenvalue weighted by Gasteiger charge is 2.17. The van der Waals surface area contributed by atoms with E-state index in [1.807, 2.05) is 36.5 Å². The van der Waals surface area contributed by atoms with Crippen molar-refractivity contribution in [3.8, 4) is 17.3 Å². The molecule has 0 aliphatic carbocycles. The Balaban J connectivity index is 1.66. The summed E-state index contributed by atoms with van der Waals surface area (Å²) in [5, 5.41) is 2.38. The zero-order valence-electron chi connectivity index (χ0n) is 17.8. The van der Waals surface area contributed by atoms with E-state index in [0.717, 1.165) is 32.8 Å². The van der Waals surface area contributed by atoms with Gasteiger partial charge in [-0.2, -0.15) is 0 Å². The van der Waals surface area contributed by atoms with Crippen LogP contribution in [0, 0.1) is 0 Å². The van der Waals surface area contributed by atoms with Crippen molar-refractivity contribution in [3.63, 3.8) is 0 Å². The molecular weight excluding hydrogens is 448 g/mol. The maximum Gasteiger partial charge on any atom is 0.137 e. The number of para-hydroxylation sites is 1. The topological polar surface area (TPSA) is 27.1 Å². The lowest BCUT2D eigenvalue weighted by atomic mass is 9.87. The first kappa shape index (κ1) is 19.8. The van der Waals surface area contributed by atoms with E-state index in [-0.39, 0.29) is 5.41 Å². The Morgan fingerprint density at radius 2 is 1.55 bits per heavy atom. The summed E-state index contributed by atoms with van der Waals surface area (Å²) in [6.07, 6.45) is 1.83. The maximum absolute atomic E-state index is 6.33. The maximum atomic E-state index is 6.33. The largest absolute Gasteiger partial charge is 0.457 e. The van der Waals surface area contributed by atoms with Gasteiger partial charge in [-0.25, -0.2) is 4.98 Å². The Labute approximate surface area is 190 Å². The second-order valence-corrected chi connectivity index (χ2v) is 9.66. The summed E-state index contributed by atoms with van der Waals surface area (Å²) < 4.78 is 9.53. The van der Waals surface area contributed by atoms with Crippen LogP contribution in [0.5, 0.6) is 11.5 Å². The molecule has 31 heavy (non-hydrogen) atoms. The third-order valence-corrected chi connectivity index (χ3v) is 5.95. The predicted molar refractivity (Wildman–Crippen MR) is 131 cm³/mol. The number of aromatic nitrogens is 2. The first-order valence-electron chi connectivity index (χ1n) is 10.3. The first-order chi connectivity index (χ1) is 14.9. The summed E-state index contributed by atoms with van der Waals surface area (Å²) in [6, 6.07) is 26.9. The Hall–Kier alpha value is -3.11. The van der Waals surface area contributed by atoms with E-state index in [1.54, 1.807) is 0 Å². The molecule has 0 amide bonds. The van der Waals surface area contributed by atoms with Crippen molar-refractivity contribution in [2.75, 3.05) is 0 Å². The van der Waals surface area contributed by atoms with Gasteiger partial charge in [-0.15, -0.1) is 0 Å². The molecule has 4 heteroatoms. The monoisotopic (exact) mass is 470 g/mol. The Morgan fingerprint density at radius 1 is 0.774 bits per heavy atom. The number of hydrogen-bond donors (Lipinski definition) is 0. The molecule has 0 bridgehead atoms. The molecule has 0 spiro atoms. The van der Waals surface area contributed by atoms with E-state index < -0.39 is 0 Å². The van der Waals surface area contributed by atoms with Gasteiger partial charge in [0.15, 0.2) is 0 Å². The summed E-state index contributed by atoms with van der Waals surface area (Å²) in [5.41, 5.74) is 3.46. The molecule has 3 nitrogen and oxygen atoms in total. The number of halogens is 1. The molecule has 0 aliphatic heterocycles. The Morgan fingerprint density at radius 3 is 2.32 bits per heavy atom. The predicted octanol–water partition coefficient (Wildman–Crippen LogP) is 8.03. The van der Waals surface area contributed by atoms with Crippen molar-refractivity contribution in [2.24, 2.45) is 0 Å². The van der Waals surface area contributed by atoms with Crippen LogP contribution in [0.15, 0.2) is 89.5 Å². The molecule has 0 saturated heterocycles. The van der Waals surface area contributed by atoms with Gasteiger partial charge in [0.05, 0.1) is 11.0 Å². The Kier molecular flexibility index (Phi) is 4.82. The highest BCUT2D eigenvalue weighted by Crippen LogP contribution is 2.36. The van der Waals surface area contributed by atoms with Crippen molar-refractivity contribution < 1.29 is 4.74 Å². The molecular formula is C27H23BrN2O. The molecule has 2 aromatic heterocycles. The minimum Gasteiger partial charge on any atom is -0.457 e. The molecule has 0 saturated carbocycles. The summed E-state index contributed by atoms with van der Waals surface area (Å²) in [5.74, 6) is 2.51. The van der Waals surface area contributed by atoms with E-state index in [2.05, 4.69) is 94.8 Å². The van der Waals surface area contributed by atoms with E-state index >= 15 is 0 Å². The molecule has 0 unspecified atom stereocenters. The van der Waals surface area contributed by atoms with Gasteiger partial charge in [0.2, 0.25) is 0 Å². The van der Waals surface area contributed by atoms with E-state index in [9.17, 15) is 0 Å². The van der Waals surface area contributed by atoms with Crippen LogP contribution in [0.25, 0.3) is 27.6 Å². The molecule has 0 fully saturated rings. The fraction of sp³-hybridized carbons (Fsp3) is 0.148. The number of pyridine rings is 1. The molecule has 5 aromatic rings. The molecule has 0 radical (unpaired) electrons. The number of nitrogens with zero attached hydrogens (tertiary/aromatic N) is 2. The Bertz CT molecular complexity index is 1400. The summed E-state index contributed by atoms with van der Waals surface area (Å²) in [6.45, 7) is 6.61. The van der Waals surface area contributed by atoms with Crippen LogP contribution in [0.3, 0.4) is 0 Å². The van der Waals surface area contributed by atoms with Gasteiger partial charge in [0.25, 0.3) is 0 Å². The molecule has 2 heterocycles. The highest BCUT2D eigenvalue weighted by molar-refractivity contribution is 9.10. The standard InChI is InChI=1S/C27H23BrN2O/c1-27(2,3)18-14-19(28)16-21(15-18)31-20-11-12-23-22-8-4-5-9-24(22)30(25(23)17-20)26-10-6-7-13-29-26/h4-17H,1-3H3. The first-order valence-corrected chi connectivity index (χ1v) is 11.1. The number of ether oxygens (including phenoxy) is 1. The van der Waals surface area contributed by atoms with Crippen molar-refractivity contribution >= 4 is 37.7 Å². The quantitative estimate of drug-likeness (QED) is 0.266. The van der Waals surface area contributed by atoms with Crippen molar-refractivity contribution in [1.29, 1.82) is 0 Å². The minimum absolute atomic E-state index is 0.0389. The number of benzene rings is 3. The summed E-state index contributed by atoms with van der Waals surface area (Å²) >= 11 is 3.63. The highest BCUT2D eigenvalue weighted by atomic mass is 79.9. The van der Waals surface area contributed by atoms with E-state index in [4.69, 9.17) is 4.74 Å². The van der Waals surface area contributed by atoms with Crippen molar-refractivity contribution in [3.05, 3.63) is 95.1 Å². The molecule has 154 valence electrons. The van der Waals surface area contributed by atoms with Crippen LogP contribution in [0.2, 0.25) is 0 Å². The molecule has 5 rings (SSSR count). The number of fused-ring (bicyclic) bond motifs is 3. The van der Waals surface area contributed by atoms with Gasteiger partial charge >= 0.3 is 0 Å². The van der Waals surface area contributed by atoms with Crippen molar-refractivity contribution in [2.45, 2.75) is 26.2 Å². The van der Waals surface area contributed by atoms with Crippen LogP contribution >= 0.6 is 15.9 Å². The molecule has 0 N–H and O–H groups in total. The lowest BCUT2D eigenvalue weighted by Gasteiger charge is -2.20. The van der Waals surface area contributed by atoms with E-state index in [1.165, 1.54) is 16.3 Å². The van der Waals surface area contributed by atoms with Gasteiger partial charge in [-0.3, -0.25) is 4.57 Å². The number of hydrogen-bond acceptors (Lipinski definition) is 2. The van der Waals surface area contributed by atoms with Crippen LogP contribution < -0.4 is 4.74 Å². The van der Waals surface area contributed by atoms with Gasteiger partial charge < -0.3 is 4.74 Å². The molecule has 3 aromatic carbocycles. The summed E-state index contributed by atoms with van der Waals surface area (Å²) in [7, 11) is 0. The van der Waals surface area contributed by atoms with E-state index in [0.29, 0.717) is 0 Å².